The van der Waals surface area contributed by atoms with Crippen LogP contribution in [-0.4, -0.2) is 12.4 Å². The van der Waals surface area contributed by atoms with E-state index < -0.39 is 7.25 Å². The van der Waals surface area contributed by atoms with Gasteiger partial charge in [0.05, 0.1) is 17.5 Å². The van der Waals surface area contributed by atoms with Gasteiger partial charge in [-0.25, -0.2) is 4.99 Å². The second-order valence-electron chi connectivity index (χ2n) is 6.20. The largest absolute Gasteiger partial charge is 0.673 e. The maximum Gasteiger partial charge on any atom is 0.673 e. The fourth-order valence-corrected chi connectivity index (χ4v) is 2.92. The first kappa shape index (κ1) is 21.5. The molecular weight excluding hydrogens is 420 g/mol. The highest BCUT2D eigenvalue weighted by atomic mass is 35.5. The third-order valence-corrected chi connectivity index (χ3v) is 4.15. The van der Waals surface area contributed by atoms with Gasteiger partial charge in [0.1, 0.15) is 17.1 Å². The molecule has 0 bridgehead atoms. The predicted octanol–water partition coefficient (Wildman–Crippen LogP) is 5.07. The van der Waals surface area contributed by atoms with Gasteiger partial charge in [0.25, 0.3) is 0 Å². The molecule has 0 fully saturated rings. The van der Waals surface area contributed by atoms with E-state index in [1.165, 1.54) is 0 Å². The Hall–Kier alpha value is -3.26. The summed E-state index contributed by atoms with van der Waals surface area (Å²) >= 11 is 6.17. The van der Waals surface area contributed by atoms with E-state index in [4.69, 9.17) is 16.0 Å². The van der Waals surface area contributed by atoms with Crippen molar-refractivity contribution in [3.05, 3.63) is 89.2 Å². The number of nitrogens with one attached hydrogen (secondary N) is 1. The molecule has 3 nitrogen and oxygen atoms in total. The standard InChI is InChI=1S/C21H14ClNO2.BF4/c22-15-9-10-20-18(11-15)19(23-16-7-4-8-17(24)12-16)13-21(25-20)14-5-2-1-3-6-14;2-1(3,4)5/h1-13,24H;/q;-1/p+1. The van der Waals surface area contributed by atoms with E-state index in [1.54, 1.807) is 24.3 Å². The second kappa shape index (κ2) is 9.05. The van der Waals surface area contributed by atoms with Crippen LogP contribution in [0.2, 0.25) is 5.02 Å². The summed E-state index contributed by atoms with van der Waals surface area (Å²) in [6.45, 7) is 0. The molecule has 0 aliphatic carbocycles. The van der Waals surface area contributed by atoms with E-state index >= 15 is 0 Å². The Bertz CT molecular complexity index is 1220. The van der Waals surface area contributed by atoms with Crippen LogP contribution >= 0.6 is 11.6 Å². The molecule has 9 heteroatoms. The van der Waals surface area contributed by atoms with Crippen molar-refractivity contribution in [2.24, 2.45) is 0 Å². The van der Waals surface area contributed by atoms with E-state index in [9.17, 15) is 22.4 Å². The van der Waals surface area contributed by atoms with Crippen molar-refractivity contribution in [1.82, 2.24) is 0 Å². The monoisotopic (exact) mass is 435 g/mol. The number of hydrogen-bond acceptors (Lipinski definition) is 2. The van der Waals surface area contributed by atoms with Crippen molar-refractivity contribution in [1.29, 1.82) is 0 Å². The Morgan fingerprint density at radius 1 is 0.833 bits per heavy atom. The smallest absolute Gasteiger partial charge is 0.508 e. The number of halogens is 5. The van der Waals surface area contributed by atoms with Gasteiger partial charge in [0.15, 0.2) is 0 Å². The highest BCUT2D eigenvalue weighted by Gasteiger charge is 2.20. The average Bonchev–Trinajstić information content (AvgIpc) is 2.68. The quantitative estimate of drug-likeness (QED) is 0.341. The molecule has 4 rings (SSSR count). The first-order valence-electron chi connectivity index (χ1n) is 8.74. The first-order chi connectivity index (χ1) is 14.2. The summed E-state index contributed by atoms with van der Waals surface area (Å²) < 4.78 is 45.1. The molecule has 1 aromatic heterocycles. The van der Waals surface area contributed by atoms with Crippen molar-refractivity contribution < 1.29 is 31.8 Å². The lowest BCUT2D eigenvalue weighted by Crippen LogP contribution is -2.70. The molecule has 0 aliphatic heterocycles. The molecule has 0 amide bonds. The van der Waals surface area contributed by atoms with Crippen molar-refractivity contribution in [3.8, 4) is 17.1 Å². The Labute approximate surface area is 174 Å². The number of rotatable bonds is 2. The lowest BCUT2D eigenvalue weighted by Gasteiger charge is -2.03. The highest BCUT2D eigenvalue weighted by molar-refractivity contribution is 6.50. The second-order valence-corrected chi connectivity index (χ2v) is 6.64. The van der Waals surface area contributed by atoms with Crippen LogP contribution in [0, 0.1) is 0 Å². The number of fused-ring (bicyclic) bond motifs is 1. The van der Waals surface area contributed by atoms with Gasteiger partial charge in [-0.1, -0.05) is 48.0 Å². The lowest BCUT2D eigenvalue weighted by molar-refractivity contribution is -0.401. The third-order valence-electron chi connectivity index (χ3n) is 3.91. The minimum Gasteiger partial charge on any atom is -0.508 e. The van der Waals surface area contributed by atoms with Crippen LogP contribution in [0.3, 0.4) is 0 Å². The van der Waals surface area contributed by atoms with Gasteiger partial charge in [-0.2, -0.15) is 0 Å². The van der Waals surface area contributed by atoms with Gasteiger partial charge in [0.2, 0.25) is 11.0 Å². The summed E-state index contributed by atoms with van der Waals surface area (Å²) in [5.74, 6) is 0.953. The summed E-state index contributed by atoms with van der Waals surface area (Å²) in [7, 11) is -6.00. The number of aromatic hydroxyl groups is 1. The molecule has 3 aromatic carbocycles. The van der Waals surface area contributed by atoms with Crippen molar-refractivity contribution in [2.45, 2.75) is 0 Å². The molecule has 0 aliphatic rings. The molecule has 2 N–H and O–H groups in total. The molecular formula is C21H15BClF4NO2. The Morgan fingerprint density at radius 2 is 1.53 bits per heavy atom. The summed E-state index contributed by atoms with van der Waals surface area (Å²) in [6, 6.07) is 24.4. The summed E-state index contributed by atoms with van der Waals surface area (Å²) in [5.41, 5.74) is 2.50. The highest BCUT2D eigenvalue weighted by Crippen LogP contribution is 2.23. The van der Waals surface area contributed by atoms with E-state index in [-0.39, 0.29) is 5.75 Å². The van der Waals surface area contributed by atoms with Gasteiger partial charge in [-0.3, -0.25) is 0 Å². The van der Waals surface area contributed by atoms with Gasteiger partial charge >= 0.3 is 7.25 Å². The van der Waals surface area contributed by atoms with E-state index in [2.05, 4.69) is 4.99 Å². The summed E-state index contributed by atoms with van der Waals surface area (Å²) in [4.78, 5) is 3.35. The molecule has 0 spiro atoms. The molecule has 0 atom stereocenters. The molecule has 0 unspecified atom stereocenters. The Morgan fingerprint density at radius 3 is 2.20 bits per heavy atom. The normalized spacial score (nSPS) is 11.8. The van der Waals surface area contributed by atoms with Gasteiger partial charge < -0.3 is 26.8 Å². The number of benzene rings is 3. The molecule has 0 saturated heterocycles. The SMILES string of the molecule is F[B-](F)(F)F.Oc1cccc([NH+]=c2cc(-c3ccccc3)oc3ccc(Cl)cc23)c1. The fraction of sp³-hybridized carbons (Fsp3) is 0. The zero-order chi connectivity index (χ0) is 21.7. The number of phenolic OH excluding ortho intramolecular Hbond substituents is 1. The molecule has 154 valence electrons. The Kier molecular flexibility index (Phi) is 6.47. The van der Waals surface area contributed by atoms with E-state index in [0.717, 1.165) is 33.3 Å². The van der Waals surface area contributed by atoms with E-state index in [0.29, 0.717) is 5.02 Å². The molecule has 4 aromatic rings. The minimum absolute atomic E-state index is 0.205. The van der Waals surface area contributed by atoms with Crippen molar-refractivity contribution in [2.75, 3.05) is 0 Å². The van der Waals surface area contributed by atoms with Crippen LogP contribution in [0.25, 0.3) is 22.3 Å². The molecule has 0 saturated carbocycles. The molecule has 30 heavy (non-hydrogen) atoms. The Balaban J connectivity index is 0.000000461. The van der Waals surface area contributed by atoms with E-state index in [1.807, 2.05) is 54.6 Å². The number of hydrogen-bond donors (Lipinski definition) is 2. The predicted molar refractivity (Wildman–Crippen MR) is 109 cm³/mol. The van der Waals surface area contributed by atoms with Gasteiger partial charge in [-0.05, 0) is 24.3 Å². The van der Waals surface area contributed by atoms with Crippen LogP contribution in [-0.2, 0) is 0 Å². The molecule has 0 radical (unpaired) electrons. The van der Waals surface area contributed by atoms with Crippen LogP contribution in [0.5, 0.6) is 5.75 Å². The minimum atomic E-state index is -6.00. The van der Waals surface area contributed by atoms with Crippen LogP contribution < -0.4 is 10.3 Å². The maximum absolute atomic E-state index is 9.75. The van der Waals surface area contributed by atoms with Crippen LogP contribution in [0.15, 0.2) is 83.3 Å². The lowest BCUT2D eigenvalue weighted by atomic mass is 10.1. The van der Waals surface area contributed by atoms with Crippen molar-refractivity contribution in [3.63, 3.8) is 0 Å². The number of phenols is 1. The summed E-state index contributed by atoms with van der Waals surface area (Å²) in [5, 5.41) is 12.1. The first-order valence-corrected chi connectivity index (χ1v) is 9.12. The third kappa shape index (κ3) is 6.12. The summed E-state index contributed by atoms with van der Waals surface area (Å²) in [6.07, 6.45) is 0. The zero-order valence-corrected chi connectivity index (χ0v) is 16.1. The molecule has 1 heterocycles. The van der Waals surface area contributed by atoms with Crippen LogP contribution in [0.4, 0.5) is 23.0 Å². The fourth-order valence-electron chi connectivity index (χ4n) is 2.75. The van der Waals surface area contributed by atoms with Gasteiger partial charge in [0, 0.05) is 16.7 Å². The average molecular weight is 436 g/mol. The van der Waals surface area contributed by atoms with Gasteiger partial charge in [-0.15, -0.1) is 0 Å². The topological polar surface area (TPSA) is 47.3 Å². The zero-order valence-electron chi connectivity index (χ0n) is 15.3. The van der Waals surface area contributed by atoms with Crippen molar-refractivity contribution >= 4 is 35.5 Å². The van der Waals surface area contributed by atoms with Crippen LogP contribution in [0.1, 0.15) is 0 Å². The maximum atomic E-state index is 9.75.